The van der Waals surface area contributed by atoms with E-state index in [4.69, 9.17) is 9.47 Å². The number of likely N-dealkylation sites (tertiary alicyclic amines) is 1. The van der Waals surface area contributed by atoms with Crippen molar-refractivity contribution >= 4 is 23.5 Å². The minimum atomic E-state index is -1.22. The Hall–Kier alpha value is -3.35. The topological polar surface area (TPSA) is 84.9 Å². The summed E-state index contributed by atoms with van der Waals surface area (Å²) in [6, 6.07) is 14.5. The molecule has 2 aromatic rings. The third kappa shape index (κ3) is 4.13. The Morgan fingerprint density at radius 2 is 1.77 bits per heavy atom. The first-order chi connectivity index (χ1) is 14.9. The van der Waals surface area contributed by atoms with Gasteiger partial charge in [-0.25, -0.2) is 4.79 Å². The van der Waals surface area contributed by atoms with Gasteiger partial charge in [-0.15, -0.1) is 0 Å². The highest BCUT2D eigenvalue weighted by Gasteiger charge is 2.45. The van der Waals surface area contributed by atoms with Gasteiger partial charge in [0.25, 0.3) is 5.91 Å². The average Bonchev–Trinajstić information content (AvgIpc) is 2.79. The van der Waals surface area contributed by atoms with Crippen LogP contribution in [-0.2, 0) is 20.7 Å². The summed E-state index contributed by atoms with van der Waals surface area (Å²) in [7, 11) is 1.56. The largest absolute Gasteiger partial charge is 0.495 e. The molecule has 0 spiro atoms. The molecule has 0 aromatic heterocycles. The minimum absolute atomic E-state index is 0.0826. The van der Waals surface area contributed by atoms with Crippen LogP contribution in [-0.4, -0.2) is 48.5 Å². The number of carbonyl (C=O) groups excluding carboxylic acids is 3. The smallest absolute Gasteiger partial charge is 0.339 e. The molecule has 0 bridgehead atoms. The van der Waals surface area contributed by atoms with E-state index in [1.807, 2.05) is 24.3 Å². The van der Waals surface area contributed by atoms with Crippen molar-refractivity contribution in [3.8, 4) is 5.75 Å². The van der Waals surface area contributed by atoms with Crippen LogP contribution in [0, 0.1) is 5.92 Å². The molecule has 2 aliphatic rings. The van der Waals surface area contributed by atoms with Crippen molar-refractivity contribution in [3.05, 3.63) is 59.7 Å². The maximum atomic E-state index is 13.2. The van der Waals surface area contributed by atoms with E-state index in [1.165, 1.54) is 0 Å². The average molecular weight is 422 g/mol. The highest BCUT2D eigenvalue weighted by Crippen LogP contribution is 2.31. The number of cyclic esters (lactones) is 1. The van der Waals surface area contributed by atoms with E-state index in [9.17, 15) is 14.4 Å². The number of carbonyl (C=O) groups is 3. The second kappa shape index (κ2) is 8.41. The highest BCUT2D eigenvalue weighted by atomic mass is 16.6. The molecule has 162 valence electrons. The lowest BCUT2D eigenvalue weighted by Crippen LogP contribution is -2.55. The number of benzene rings is 2. The standard InChI is InChI=1S/C24H26N2O5/c1-24(15-17-7-3-4-8-18(17)22(28)31-24)23(29)26-13-11-16(12-14-26)21(27)25-19-9-5-6-10-20(19)30-2/h3-10,16H,11-15H2,1-2H3,(H,25,27). The highest BCUT2D eigenvalue weighted by molar-refractivity contribution is 5.98. The van der Waals surface area contributed by atoms with Crippen molar-refractivity contribution in [2.45, 2.75) is 31.8 Å². The molecule has 4 rings (SSSR count). The van der Waals surface area contributed by atoms with Crippen molar-refractivity contribution in [2.75, 3.05) is 25.5 Å². The van der Waals surface area contributed by atoms with Gasteiger partial charge in [-0.3, -0.25) is 9.59 Å². The number of piperidine rings is 1. The number of anilines is 1. The number of hydrogen-bond acceptors (Lipinski definition) is 5. The molecule has 1 atom stereocenters. The van der Waals surface area contributed by atoms with E-state index in [0.29, 0.717) is 49.4 Å². The molecular formula is C24H26N2O5. The van der Waals surface area contributed by atoms with Crippen LogP contribution < -0.4 is 10.1 Å². The summed E-state index contributed by atoms with van der Waals surface area (Å²) in [5, 5.41) is 2.93. The van der Waals surface area contributed by atoms with Crippen LogP contribution in [0.1, 0.15) is 35.7 Å². The summed E-state index contributed by atoms with van der Waals surface area (Å²) in [6.45, 7) is 2.55. The first-order valence-corrected chi connectivity index (χ1v) is 10.5. The van der Waals surface area contributed by atoms with Gasteiger partial charge in [0.2, 0.25) is 5.91 Å². The van der Waals surface area contributed by atoms with Gasteiger partial charge in [0.15, 0.2) is 5.60 Å². The van der Waals surface area contributed by atoms with E-state index in [1.54, 1.807) is 43.2 Å². The first-order valence-electron chi connectivity index (χ1n) is 10.5. The van der Waals surface area contributed by atoms with Crippen LogP contribution in [0.15, 0.2) is 48.5 Å². The van der Waals surface area contributed by atoms with Crippen LogP contribution >= 0.6 is 0 Å². The second-order valence-electron chi connectivity index (χ2n) is 8.21. The Morgan fingerprint density at radius 1 is 1.10 bits per heavy atom. The molecule has 0 radical (unpaired) electrons. The van der Waals surface area contributed by atoms with Crippen LogP contribution in [0.5, 0.6) is 5.75 Å². The molecule has 1 N–H and O–H groups in total. The molecular weight excluding hydrogens is 396 g/mol. The predicted octanol–water partition coefficient (Wildman–Crippen LogP) is 3.04. The monoisotopic (exact) mass is 422 g/mol. The van der Waals surface area contributed by atoms with Crippen molar-refractivity contribution in [3.63, 3.8) is 0 Å². The van der Waals surface area contributed by atoms with E-state index >= 15 is 0 Å². The maximum Gasteiger partial charge on any atom is 0.339 e. The van der Waals surface area contributed by atoms with Crippen molar-refractivity contribution in [1.29, 1.82) is 0 Å². The normalized spacial score (nSPS) is 21.1. The molecule has 7 nitrogen and oxygen atoms in total. The first kappa shape index (κ1) is 20.9. The number of nitrogens with one attached hydrogen (secondary N) is 1. The number of para-hydroxylation sites is 2. The molecule has 0 saturated carbocycles. The molecule has 1 unspecified atom stereocenters. The summed E-state index contributed by atoms with van der Waals surface area (Å²) in [5.41, 5.74) is 0.742. The van der Waals surface area contributed by atoms with E-state index in [2.05, 4.69) is 5.32 Å². The Bertz CT molecular complexity index is 1010. The number of fused-ring (bicyclic) bond motifs is 1. The molecule has 31 heavy (non-hydrogen) atoms. The van der Waals surface area contributed by atoms with Crippen LogP contribution in [0.25, 0.3) is 0 Å². The number of esters is 1. The van der Waals surface area contributed by atoms with Gasteiger partial charge in [0.1, 0.15) is 5.75 Å². The van der Waals surface area contributed by atoms with Gasteiger partial charge >= 0.3 is 5.97 Å². The zero-order valence-corrected chi connectivity index (χ0v) is 17.7. The number of hydrogen-bond donors (Lipinski definition) is 1. The van der Waals surface area contributed by atoms with E-state index in [0.717, 1.165) is 5.56 Å². The summed E-state index contributed by atoms with van der Waals surface area (Å²) < 4.78 is 10.9. The number of methoxy groups -OCH3 is 1. The number of nitrogens with zero attached hydrogens (tertiary/aromatic N) is 1. The molecule has 7 heteroatoms. The predicted molar refractivity (Wildman–Crippen MR) is 115 cm³/mol. The van der Waals surface area contributed by atoms with E-state index in [-0.39, 0.29) is 17.7 Å². The summed E-state index contributed by atoms with van der Waals surface area (Å²) in [6.07, 6.45) is 1.45. The van der Waals surface area contributed by atoms with Crippen molar-refractivity contribution < 1.29 is 23.9 Å². The SMILES string of the molecule is COc1ccccc1NC(=O)C1CCN(C(=O)C2(C)Cc3ccccc3C(=O)O2)CC1. The second-order valence-corrected chi connectivity index (χ2v) is 8.21. The minimum Gasteiger partial charge on any atom is -0.495 e. The van der Waals surface area contributed by atoms with Gasteiger partial charge in [-0.2, -0.15) is 0 Å². The van der Waals surface area contributed by atoms with Crippen LogP contribution in [0.3, 0.4) is 0 Å². The van der Waals surface area contributed by atoms with Gasteiger partial charge in [0.05, 0.1) is 18.4 Å². The molecule has 2 aliphatic heterocycles. The Morgan fingerprint density at radius 3 is 2.52 bits per heavy atom. The number of amides is 2. The fraction of sp³-hybridized carbons (Fsp3) is 0.375. The lowest BCUT2D eigenvalue weighted by molar-refractivity contribution is -0.153. The van der Waals surface area contributed by atoms with E-state index < -0.39 is 11.6 Å². The fourth-order valence-electron chi connectivity index (χ4n) is 4.31. The molecule has 2 amide bonds. The Kier molecular flexibility index (Phi) is 5.67. The Labute approximate surface area is 181 Å². The van der Waals surface area contributed by atoms with Crippen LogP contribution in [0.2, 0.25) is 0 Å². The molecule has 0 aliphatic carbocycles. The van der Waals surface area contributed by atoms with Gasteiger partial charge in [0, 0.05) is 25.4 Å². The molecule has 1 saturated heterocycles. The third-order valence-electron chi connectivity index (χ3n) is 6.05. The van der Waals surface area contributed by atoms with Crippen molar-refractivity contribution in [2.24, 2.45) is 5.92 Å². The maximum absolute atomic E-state index is 13.2. The number of ether oxygens (including phenoxy) is 2. The summed E-state index contributed by atoms with van der Waals surface area (Å²) in [4.78, 5) is 40.0. The summed E-state index contributed by atoms with van der Waals surface area (Å²) >= 11 is 0. The lowest BCUT2D eigenvalue weighted by atomic mass is 9.87. The van der Waals surface area contributed by atoms with Crippen molar-refractivity contribution in [1.82, 2.24) is 4.90 Å². The zero-order valence-electron chi connectivity index (χ0n) is 17.7. The number of rotatable bonds is 4. The quantitative estimate of drug-likeness (QED) is 0.766. The van der Waals surface area contributed by atoms with Gasteiger partial charge in [-0.1, -0.05) is 30.3 Å². The van der Waals surface area contributed by atoms with Crippen LogP contribution in [0.4, 0.5) is 5.69 Å². The lowest BCUT2D eigenvalue weighted by Gasteiger charge is -2.39. The molecule has 1 fully saturated rings. The zero-order chi connectivity index (χ0) is 22.0. The fourth-order valence-corrected chi connectivity index (χ4v) is 4.31. The molecule has 2 heterocycles. The van der Waals surface area contributed by atoms with Gasteiger partial charge < -0.3 is 19.7 Å². The third-order valence-corrected chi connectivity index (χ3v) is 6.05. The van der Waals surface area contributed by atoms with Gasteiger partial charge in [-0.05, 0) is 43.5 Å². The summed E-state index contributed by atoms with van der Waals surface area (Å²) in [5.74, 6) is -0.351. The Balaban J connectivity index is 1.38. The molecule has 2 aromatic carbocycles.